The summed E-state index contributed by atoms with van der Waals surface area (Å²) < 4.78 is 11.1. The molecule has 0 atom stereocenters. The van der Waals surface area contributed by atoms with Crippen molar-refractivity contribution >= 4 is 12.7 Å². The summed E-state index contributed by atoms with van der Waals surface area (Å²) in [6, 6.07) is 6.06. The van der Waals surface area contributed by atoms with Gasteiger partial charge in [-0.1, -0.05) is 13.0 Å². The molecule has 2 aromatic rings. The lowest BCUT2D eigenvalue weighted by atomic mass is 9.81. The van der Waals surface area contributed by atoms with Gasteiger partial charge in [0, 0.05) is 56.2 Å². The molecule has 3 heterocycles. The monoisotopic (exact) mass is 524 g/mol. The number of methoxy groups -OCH3 is 2. The summed E-state index contributed by atoms with van der Waals surface area (Å²) in [6.07, 6.45) is 7.80. The van der Waals surface area contributed by atoms with Gasteiger partial charge in [-0.3, -0.25) is 9.59 Å². The maximum Gasteiger partial charge on any atom is 0.210 e. The lowest BCUT2D eigenvalue weighted by Crippen LogP contribution is -2.57. The molecular formula is C30H44N4O4. The molecule has 208 valence electrons. The Bertz CT molecular complexity index is 1130. The van der Waals surface area contributed by atoms with Crippen LogP contribution < -0.4 is 9.47 Å². The van der Waals surface area contributed by atoms with Crippen LogP contribution in [0.1, 0.15) is 59.6 Å². The number of carbonyl (C=O) groups excluding carboxylic acids is 2. The van der Waals surface area contributed by atoms with E-state index in [2.05, 4.69) is 47.9 Å². The number of aldehydes is 1. The van der Waals surface area contributed by atoms with Crippen molar-refractivity contribution in [2.75, 3.05) is 47.9 Å². The van der Waals surface area contributed by atoms with Gasteiger partial charge in [-0.15, -0.1) is 0 Å². The normalized spacial score (nSPS) is 16.8. The van der Waals surface area contributed by atoms with Crippen molar-refractivity contribution in [1.29, 1.82) is 0 Å². The Kier molecular flexibility index (Phi) is 10.0. The molecule has 0 aliphatic carbocycles. The zero-order valence-electron chi connectivity index (χ0n) is 24.1. The van der Waals surface area contributed by atoms with Gasteiger partial charge in [0.05, 0.1) is 25.5 Å². The minimum Gasteiger partial charge on any atom is -0.497 e. The average molecular weight is 525 g/mol. The molecule has 38 heavy (non-hydrogen) atoms. The van der Waals surface area contributed by atoms with Gasteiger partial charge in [0.1, 0.15) is 11.5 Å². The van der Waals surface area contributed by atoms with Crippen molar-refractivity contribution in [2.45, 2.75) is 58.5 Å². The molecule has 0 bridgehead atoms. The summed E-state index contributed by atoms with van der Waals surface area (Å²) in [6.45, 7) is 9.50. The highest BCUT2D eigenvalue weighted by Gasteiger charge is 2.43. The minimum absolute atomic E-state index is 0.253. The van der Waals surface area contributed by atoms with Crippen molar-refractivity contribution in [1.82, 2.24) is 19.7 Å². The molecule has 8 nitrogen and oxygen atoms in total. The van der Waals surface area contributed by atoms with Crippen LogP contribution in [0.15, 0.2) is 30.0 Å². The first kappa shape index (κ1) is 29.3. The van der Waals surface area contributed by atoms with Crippen LogP contribution in [-0.4, -0.2) is 85.9 Å². The van der Waals surface area contributed by atoms with Crippen molar-refractivity contribution in [3.8, 4) is 11.5 Å². The number of hydrogen-bond donors (Lipinski definition) is 1. The largest absolute Gasteiger partial charge is 0.497 e. The third-order valence-corrected chi connectivity index (χ3v) is 7.92. The van der Waals surface area contributed by atoms with Gasteiger partial charge >= 0.3 is 0 Å². The number of nitrogens with one attached hydrogen (secondary N) is 1. The maximum atomic E-state index is 12.0. The maximum absolute atomic E-state index is 12.0. The SMILES string of the molecule is CCN(C=O)C1(C2=CCc3c(cc(OC)cc3OC)CN2C)CCN(C)CC1.CCc1cc(C)[nH]c1C=O. The second-order valence-electron chi connectivity index (χ2n) is 10.2. The summed E-state index contributed by atoms with van der Waals surface area (Å²) in [5.41, 5.74) is 6.28. The van der Waals surface area contributed by atoms with Gasteiger partial charge in [0.2, 0.25) is 6.41 Å². The molecule has 1 amide bonds. The Hall–Kier alpha value is -3.26. The zero-order valence-corrected chi connectivity index (χ0v) is 24.1. The molecule has 1 aromatic carbocycles. The quantitative estimate of drug-likeness (QED) is 0.521. The Labute approximate surface area is 227 Å². The molecule has 0 spiro atoms. The lowest BCUT2D eigenvalue weighted by Gasteiger charge is -2.50. The molecule has 2 aliphatic rings. The van der Waals surface area contributed by atoms with Crippen LogP contribution >= 0.6 is 0 Å². The predicted molar refractivity (Wildman–Crippen MR) is 151 cm³/mol. The van der Waals surface area contributed by atoms with Gasteiger partial charge < -0.3 is 29.2 Å². The highest BCUT2D eigenvalue weighted by molar-refractivity contribution is 5.74. The number of amides is 1. The Morgan fingerprint density at radius 2 is 1.79 bits per heavy atom. The number of aromatic nitrogens is 1. The summed E-state index contributed by atoms with van der Waals surface area (Å²) in [7, 11) is 7.67. The molecule has 2 aliphatic heterocycles. The third-order valence-electron chi connectivity index (χ3n) is 7.92. The molecule has 0 radical (unpaired) electrons. The van der Waals surface area contributed by atoms with E-state index >= 15 is 0 Å². The number of H-pyrrole nitrogens is 1. The Morgan fingerprint density at radius 1 is 1.08 bits per heavy atom. The van der Waals surface area contributed by atoms with Crippen LogP contribution in [-0.2, 0) is 24.2 Å². The number of carbonyl (C=O) groups is 2. The number of piperidine rings is 1. The van der Waals surface area contributed by atoms with Crippen LogP contribution in [0.2, 0.25) is 0 Å². The number of likely N-dealkylation sites (N-methyl/N-ethyl adjacent to an activating group) is 2. The summed E-state index contributed by atoms with van der Waals surface area (Å²) in [4.78, 5) is 32.0. The first-order valence-electron chi connectivity index (χ1n) is 13.5. The first-order valence-corrected chi connectivity index (χ1v) is 13.5. The lowest BCUT2D eigenvalue weighted by molar-refractivity contribution is -0.124. The van der Waals surface area contributed by atoms with E-state index < -0.39 is 0 Å². The number of ether oxygens (including phenoxy) is 2. The fourth-order valence-corrected chi connectivity index (χ4v) is 5.81. The number of benzene rings is 1. The molecule has 1 aromatic heterocycles. The van der Waals surface area contributed by atoms with E-state index in [1.54, 1.807) is 14.2 Å². The number of rotatable bonds is 8. The van der Waals surface area contributed by atoms with Crippen molar-refractivity contribution in [3.05, 3.63) is 58.1 Å². The summed E-state index contributed by atoms with van der Waals surface area (Å²) in [5.74, 6) is 1.67. The average Bonchev–Trinajstić information content (AvgIpc) is 3.21. The van der Waals surface area contributed by atoms with Gasteiger partial charge in [0.15, 0.2) is 6.29 Å². The highest BCUT2D eigenvalue weighted by Crippen LogP contribution is 2.40. The predicted octanol–water partition coefficient (Wildman–Crippen LogP) is 4.22. The van der Waals surface area contributed by atoms with Crippen LogP contribution in [0.4, 0.5) is 0 Å². The van der Waals surface area contributed by atoms with Gasteiger partial charge in [-0.05, 0) is 69.8 Å². The summed E-state index contributed by atoms with van der Waals surface area (Å²) in [5, 5.41) is 0. The summed E-state index contributed by atoms with van der Waals surface area (Å²) >= 11 is 0. The van der Waals surface area contributed by atoms with Crippen molar-refractivity contribution < 1.29 is 19.1 Å². The van der Waals surface area contributed by atoms with Gasteiger partial charge in [0.25, 0.3) is 0 Å². The van der Waals surface area contributed by atoms with E-state index in [9.17, 15) is 9.59 Å². The van der Waals surface area contributed by atoms with E-state index in [4.69, 9.17) is 9.47 Å². The molecule has 1 saturated heterocycles. The molecule has 4 rings (SSSR count). The second-order valence-corrected chi connectivity index (χ2v) is 10.2. The first-order chi connectivity index (χ1) is 18.3. The smallest absolute Gasteiger partial charge is 0.210 e. The third kappa shape index (κ3) is 6.07. The van der Waals surface area contributed by atoms with Crippen LogP contribution in [0, 0.1) is 6.92 Å². The van der Waals surface area contributed by atoms with Crippen LogP contribution in [0.25, 0.3) is 0 Å². The van der Waals surface area contributed by atoms with Crippen molar-refractivity contribution in [2.24, 2.45) is 0 Å². The van der Waals surface area contributed by atoms with E-state index in [0.717, 1.165) is 86.5 Å². The standard InChI is InChI=1S/C22H33N3O3.C8H11NO/c1-6-25(16-26)22(9-11-23(2)12-10-22)21-8-7-19-17(15-24(21)3)13-18(27-4)14-20(19)28-5;1-3-7-4-6(2)9-8(7)5-10/h8,13-14,16H,6-7,9-12,15H2,1-5H3;4-5,9H,3H2,1-2H3. The molecule has 1 fully saturated rings. The number of hydrogen-bond acceptors (Lipinski definition) is 6. The fourth-order valence-electron chi connectivity index (χ4n) is 5.81. The number of allylic oxidation sites excluding steroid dienone is 1. The highest BCUT2D eigenvalue weighted by atomic mass is 16.5. The van der Waals surface area contributed by atoms with Crippen LogP contribution in [0.3, 0.4) is 0 Å². The second kappa shape index (κ2) is 13.0. The van der Waals surface area contributed by atoms with Gasteiger partial charge in [-0.2, -0.15) is 0 Å². The fraction of sp³-hybridized carbons (Fsp3) is 0.533. The van der Waals surface area contributed by atoms with E-state index in [1.807, 2.05) is 30.9 Å². The zero-order chi connectivity index (χ0) is 27.9. The molecule has 1 N–H and O–H groups in total. The topological polar surface area (TPSA) is 78.1 Å². The number of aryl methyl sites for hydroxylation is 2. The van der Waals surface area contributed by atoms with E-state index in [0.29, 0.717) is 6.54 Å². The molecule has 0 saturated carbocycles. The molecule has 0 unspecified atom stereocenters. The number of aromatic amines is 1. The number of nitrogens with zero attached hydrogens (tertiary/aromatic N) is 3. The number of fused-ring (bicyclic) bond motifs is 1. The number of likely N-dealkylation sites (tertiary alicyclic amines) is 1. The molecule has 8 heteroatoms. The van der Waals surface area contributed by atoms with Gasteiger partial charge in [-0.25, -0.2) is 0 Å². The molecular weight excluding hydrogens is 480 g/mol. The Morgan fingerprint density at radius 3 is 2.32 bits per heavy atom. The minimum atomic E-state index is -0.253. The van der Waals surface area contributed by atoms with E-state index in [1.165, 1.54) is 16.8 Å². The Balaban J connectivity index is 0.000000336. The van der Waals surface area contributed by atoms with Crippen molar-refractivity contribution in [3.63, 3.8) is 0 Å². The van der Waals surface area contributed by atoms with Crippen LogP contribution in [0.5, 0.6) is 11.5 Å². The van der Waals surface area contributed by atoms with E-state index in [-0.39, 0.29) is 5.54 Å².